The summed E-state index contributed by atoms with van der Waals surface area (Å²) in [5.74, 6) is -0.431. The molecule has 0 aliphatic heterocycles. The summed E-state index contributed by atoms with van der Waals surface area (Å²) in [6, 6.07) is 5.90. The molecule has 0 bridgehead atoms. The molecular formula is C11H14N2O3. The predicted octanol–water partition coefficient (Wildman–Crippen LogP) is 2.12. The van der Waals surface area contributed by atoms with Gasteiger partial charge in [-0.3, -0.25) is 14.9 Å². The smallest absolute Gasteiger partial charge is 0.282 e. The van der Waals surface area contributed by atoms with E-state index in [1.54, 1.807) is 6.07 Å². The van der Waals surface area contributed by atoms with E-state index in [1.807, 2.05) is 20.8 Å². The molecule has 0 aliphatic carbocycles. The van der Waals surface area contributed by atoms with E-state index in [-0.39, 0.29) is 11.3 Å². The van der Waals surface area contributed by atoms with E-state index in [0.29, 0.717) is 0 Å². The number of rotatable bonds is 2. The van der Waals surface area contributed by atoms with Gasteiger partial charge in [0.25, 0.3) is 11.6 Å². The van der Waals surface area contributed by atoms with E-state index >= 15 is 0 Å². The van der Waals surface area contributed by atoms with Crippen LogP contribution in [0.5, 0.6) is 0 Å². The van der Waals surface area contributed by atoms with Gasteiger partial charge < -0.3 is 5.32 Å². The van der Waals surface area contributed by atoms with E-state index in [0.717, 1.165) is 0 Å². The molecule has 0 fully saturated rings. The molecule has 0 radical (unpaired) electrons. The van der Waals surface area contributed by atoms with Crippen LogP contribution < -0.4 is 5.32 Å². The van der Waals surface area contributed by atoms with Crippen molar-refractivity contribution in [2.24, 2.45) is 0 Å². The molecule has 1 N–H and O–H groups in total. The lowest BCUT2D eigenvalue weighted by Crippen LogP contribution is -2.40. The molecule has 0 saturated carbocycles. The third-order valence-electron chi connectivity index (χ3n) is 1.83. The number of carbonyl (C=O) groups is 1. The van der Waals surface area contributed by atoms with Crippen LogP contribution in [0.4, 0.5) is 5.69 Å². The van der Waals surface area contributed by atoms with Gasteiger partial charge in [-0.1, -0.05) is 12.1 Å². The van der Waals surface area contributed by atoms with Crippen LogP contribution in [0.3, 0.4) is 0 Å². The summed E-state index contributed by atoms with van der Waals surface area (Å²) in [7, 11) is 0. The Balaban J connectivity index is 3.04. The zero-order valence-electron chi connectivity index (χ0n) is 9.48. The van der Waals surface area contributed by atoms with Crippen molar-refractivity contribution >= 4 is 11.6 Å². The van der Waals surface area contributed by atoms with Crippen molar-refractivity contribution in [3.05, 3.63) is 39.9 Å². The number of amides is 1. The van der Waals surface area contributed by atoms with Gasteiger partial charge in [-0.25, -0.2) is 0 Å². The molecule has 0 heterocycles. The van der Waals surface area contributed by atoms with E-state index in [4.69, 9.17) is 0 Å². The van der Waals surface area contributed by atoms with Crippen molar-refractivity contribution in [1.29, 1.82) is 0 Å². The molecule has 0 unspecified atom stereocenters. The Morgan fingerprint density at radius 3 is 2.38 bits per heavy atom. The maximum atomic E-state index is 11.8. The predicted molar refractivity (Wildman–Crippen MR) is 60.3 cm³/mol. The second kappa shape index (κ2) is 4.30. The third-order valence-corrected chi connectivity index (χ3v) is 1.83. The fraction of sp³-hybridized carbons (Fsp3) is 0.364. The van der Waals surface area contributed by atoms with Crippen LogP contribution in [0.15, 0.2) is 24.3 Å². The van der Waals surface area contributed by atoms with Crippen LogP contribution in [0.25, 0.3) is 0 Å². The van der Waals surface area contributed by atoms with Gasteiger partial charge in [0.15, 0.2) is 0 Å². The standard InChI is InChI=1S/C11H14N2O3/c1-11(2,3)12-10(14)8-6-4-5-7-9(8)13(15)16/h4-7H,1-3H3,(H,12,14). The lowest BCUT2D eigenvalue weighted by Gasteiger charge is -2.20. The zero-order chi connectivity index (χ0) is 12.3. The lowest BCUT2D eigenvalue weighted by molar-refractivity contribution is -0.385. The summed E-state index contributed by atoms with van der Waals surface area (Å²) in [4.78, 5) is 21.9. The molecule has 1 aromatic carbocycles. The third kappa shape index (κ3) is 3.05. The second-order valence-electron chi connectivity index (χ2n) is 4.48. The molecule has 0 aliphatic rings. The summed E-state index contributed by atoms with van der Waals surface area (Å²) in [5, 5.41) is 13.4. The summed E-state index contributed by atoms with van der Waals surface area (Å²) in [5.41, 5.74) is -0.507. The maximum absolute atomic E-state index is 11.8. The van der Waals surface area contributed by atoms with Crippen molar-refractivity contribution in [3.63, 3.8) is 0 Å². The van der Waals surface area contributed by atoms with Gasteiger partial charge in [-0.05, 0) is 26.8 Å². The van der Waals surface area contributed by atoms with Gasteiger partial charge in [-0.2, -0.15) is 0 Å². The Labute approximate surface area is 93.6 Å². The number of nitro benzene ring substituents is 1. The molecule has 0 saturated heterocycles. The van der Waals surface area contributed by atoms with Crippen LogP contribution in [0.1, 0.15) is 31.1 Å². The van der Waals surface area contributed by atoms with E-state index in [2.05, 4.69) is 5.32 Å². The number of carbonyl (C=O) groups excluding carboxylic acids is 1. The SMILES string of the molecule is CC(C)(C)NC(=O)c1ccccc1[N+](=O)[O-]. The van der Waals surface area contributed by atoms with Gasteiger partial charge >= 0.3 is 0 Å². The first-order valence-corrected chi connectivity index (χ1v) is 4.87. The van der Waals surface area contributed by atoms with Gasteiger partial charge in [0.2, 0.25) is 0 Å². The van der Waals surface area contributed by atoms with Crippen LogP contribution in [0.2, 0.25) is 0 Å². The quantitative estimate of drug-likeness (QED) is 0.615. The topological polar surface area (TPSA) is 72.2 Å². The molecule has 1 aromatic rings. The Kier molecular flexibility index (Phi) is 3.27. The van der Waals surface area contributed by atoms with E-state index < -0.39 is 16.4 Å². The highest BCUT2D eigenvalue weighted by molar-refractivity contribution is 5.98. The molecule has 0 atom stereocenters. The number of para-hydroxylation sites is 1. The zero-order valence-corrected chi connectivity index (χ0v) is 9.48. The summed E-state index contributed by atoms with van der Waals surface area (Å²) >= 11 is 0. The molecule has 5 heteroatoms. The molecule has 16 heavy (non-hydrogen) atoms. The summed E-state index contributed by atoms with van der Waals surface area (Å²) in [6.07, 6.45) is 0. The fourth-order valence-corrected chi connectivity index (χ4v) is 1.23. The Morgan fingerprint density at radius 1 is 1.31 bits per heavy atom. The number of benzene rings is 1. The molecule has 1 rings (SSSR count). The van der Waals surface area contributed by atoms with Gasteiger partial charge in [-0.15, -0.1) is 0 Å². The lowest BCUT2D eigenvalue weighted by atomic mass is 10.1. The highest BCUT2D eigenvalue weighted by Crippen LogP contribution is 2.18. The molecule has 5 nitrogen and oxygen atoms in total. The largest absolute Gasteiger partial charge is 0.347 e. The first-order valence-electron chi connectivity index (χ1n) is 4.87. The first kappa shape index (κ1) is 12.2. The van der Waals surface area contributed by atoms with Crippen LogP contribution >= 0.6 is 0 Å². The molecule has 1 amide bonds. The summed E-state index contributed by atoms with van der Waals surface area (Å²) in [6.45, 7) is 5.46. The van der Waals surface area contributed by atoms with Crippen LogP contribution in [-0.2, 0) is 0 Å². The fourth-order valence-electron chi connectivity index (χ4n) is 1.23. The minimum absolute atomic E-state index is 0.0856. The number of nitrogens with one attached hydrogen (secondary N) is 1. The van der Waals surface area contributed by atoms with Crippen LogP contribution in [-0.4, -0.2) is 16.4 Å². The highest BCUT2D eigenvalue weighted by Gasteiger charge is 2.22. The number of hydrogen-bond acceptors (Lipinski definition) is 3. The monoisotopic (exact) mass is 222 g/mol. The van der Waals surface area contributed by atoms with Gasteiger partial charge in [0, 0.05) is 11.6 Å². The number of nitro groups is 1. The Morgan fingerprint density at radius 2 is 1.88 bits per heavy atom. The molecular weight excluding hydrogens is 208 g/mol. The summed E-state index contributed by atoms with van der Waals surface area (Å²) < 4.78 is 0. The van der Waals surface area contributed by atoms with Crippen molar-refractivity contribution < 1.29 is 9.72 Å². The minimum Gasteiger partial charge on any atom is -0.347 e. The van der Waals surface area contributed by atoms with Crippen LogP contribution in [0, 0.1) is 10.1 Å². The van der Waals surface area contributed by atoms with Crippen molar-refractivity contribution in [1.82, 2.24) is 5.32 Å². The van der Waals surface area contributed by atoms with Crippen molar-refractivity contribution in [2.75, 3.05) is 0 Å². The van der Waals surface area contributed by atoms with E-state index in [1.165, 1.54) is 18.2 Å². The molecule has 0 aromatic heterocycles. The average molecular weight is 222 g/mol. The normalized spacial score (nSPS) is 10.9. The first-order chi connectivity index (χ1) is 7.31. The maximum Gasteiger partial charge on any atom is 0.282 e. The number of nitrogens with zero attached hydrogens (tertiary/aromatic N) is 1. The van der Waals surface area contributed by atoms with E-state index in [9.17, 15) is 14.9 Å². The van der Waals surface area contributed by atoms with Crippen molar-refractivity contribution in [2.45, 2.75) is 26.3 Å². The minimum atomic E-state index is -0.558. The Hall–Kier alpha value is -1.91. The highest BCUT2D eigenvalue weighted by atomic mass is 16.6. The van der Waals surface area contributed by atoms with Crippen molar-refractivity contribution in [3.8, 4) is 0 Å². The Bertz CT molecular complexity index is 421. The number of hydrogen-bond donors (Lipinski definition) is 1. The average Bonchev–Trinajstić information content (AvgIpc) is 2.15. The molecule has 86 valence electrons. The molecule has 0 spiro atoms. The second-order valence-corrected chi connectivity index (χ2v) is 4.48. The van der Waals surface area contributed by atoms with Gasteiger partial charge in [0.05, 0.1) is 4.92 Å². The van der Waals surface area contributed by atoms with Gasteiger partial charge in [0.1, 0.15) is 5.56 Å².